The van der Waals surface area contributed by atoms with Crippen molar-refractivity contribution in [2.45, 2.75) is 23.2 Å². The third kappa shape index (κ3) is 3.08. The maximum absolute atomic E-state index is 13.2. The minimum absolute atomic E-state index is 0.135. The Bertz CT molecular complexity index is 1130. The molecular weight excluding hydrogens is 387 g/mol. The van der Waals surface area contributed by atoms with Gasteiger partial charge in [-0.2, -0.15) is 23.5 Å². The maximum atomic E-state index is 13.2. The number of hydrogen-bond acceptors (Lipinski definition) is 4. The highest BCUT2D eigenvalue weighted by Gasteiger charge is 2.32. The third-order valence-electron chi connectivity index (χ3n) is 4.42. The molecule has 2 aromatic carbocycles. The van der Waals surface area contributed by atoms with Crippen LogP contribution in [-0.4, -0.2) is 15.6 Å². The highest BCUT2D eigenvalue weighted by Crippen LogP contribution is 2.44. The van der Waals surface area contributed by atoms with Crippen molar-refractivity contribution in [3.05, 3.63) is 65.4 Å². The molecule has 0 saturated carbocycles. The summed E-state index contributed by atoms with van der Waals surface area (Å²) in [6, 6.07) is 14.1. The molecule has 2 heterocycles. The molecule has 1 aliphatic rings. The summed E-state index contributed by atoms with van der Waals surface area (Å²) in [6.07, 6.45) is -4.82. The summed E-state index contributed by atoms with van der Waals surface area (Å²) in [7, 11) is 0. The monoisotopic (exact) mass is 399 g/mol. The fourth-order valence-electron chi connectivity index (χ4n) is 3.18. The van der Waals surface area contributed by atoms with Gasteiger partial charge < -0.3 is 0 Å². The van der Waals surface area contributed by atoms with E-state index in [4.69, 9.17) is 5.26 Å². The number of benzene rings is 2. The number of fused-ring (bicyclic) bond motifs is 3. The molecule has 1 aliphatic heterocycles. The Morgan fingerprint density at radius 2 is 2.00 bits per heavy atom. The van der Waals surface area contributed by atoms with Crippen LogP contribution < -0.4 is 0 Å². The number of carbonyl (C=O) groups is 1. The highest BCUT2D eigenvalue weighted by atomic mass is 32.2. The lowest BCUT2D eigenvalue weighted by atomic mass is 10.0. The van der Waals surface area contributed by atoms with Gasteiger partial charge in [-0.3, -0.25) is 4.79 Å². The summed E-state index contributed by atoms with van der Waals surface area (Å²) in [6.45, 7) is 0. The molecule has 4 rings (SSSR count). The second kappa shape index (κ2) is 6.84. The van der Waals surface area contributed by atoms with Crippen LogP contribution in [0.2, 0.25) is 0 Å². The van der Waals surface area contributed by atoms with Crippen LogP contribution in [0.5, 0.6) is 0 Å². The summed E-state index contributed by atoms with van der Waals surface area (Å²) in [4.78, 5) is 13.4. The number of thioether (sulfide) groups is 1. The summed E-state index contributed by atoms with van der Waals surface area (Å²) in [5, 5.41) is 13.2. The Hall–Kier alpha value is -3.05. The van der Waals surface area contributed by atoms with Gasteiger partial charge in [0.05, 0.1) is 23.0 Å². The molecule has 0 fully saturated rings. The van der Waals surface area contributed by atoms with Crippen molar-refractivity contribution in [2.75, 3.05) is 0 Å². The molecule has 0 radical (unpaired) electrons. The van der Waals surface area contributed by atoms with Gasteiger partial charge in [0.1, 0.15) is 12.1 Å². The molecule has 28 heavy (non-hydrogen) atoms. The quantitative estimate of drug-likeness (QED) is 0.564. The summed E-state index contributed by atoms with van der Waals surface area (Å²) >= 11 is 1.53. The minimum Gasteiger partial charge on any atom is -0.291 e. The van der Waals surface area contributed by atoms with Crippen molar-refractivity contribution in [1.29, 1.82) is 5.26 Å². The number of Topliss-reactive ketones (excluding diaryl/α,β-unsaturated/α-hetero) is 1. The number of nitrogens with zero attached hydrogens (tertiary/aromatic N) is 3. The zero-order valence-corrected chi connectivity index (χ0v) is 15.1. The Labute approximate surface area is 162 Å². The van der Waals surface area contributed by atoms with E-state index in [1.54, 1.807) is 0 Å². The molecule has 8 heteroatoms. The Morgan fingerprint density at radius 1 is 1.21 bits per heavy atom. The van der Waals surface area contributed by atoms with Crippen LogP contribution in [0.25, 0.3) is 16.9 Å². The van der Waals surface area contributed by atoms with Crippen molar-refractivity contribution in [3.63, 3.8) is 0 Å². The van der Waals surface area contributed by atoms with Gasteiger partial charge in [-0.25, -0.2) is 4.68 Å². The molecule has 4 nitrogen and oxygen atoms in total. The van der Waals surface area contributed by atoms with Gasteiger partial charge in [0.25, 0.3) is 0 Å². The maximum Gasteiger partial charge on any atom is 0.416 e. The van der Waals surface area contributed by atoms with Crippen molar-refractivity contribution >= 4 is 17.5 Å². The van der Waals surface area contributed by atoms with Gasteiger partial charge in [0.2, 0.25) is 0 Å². The van der Waals surface area contributed by atoms with Gasteiger partial charge in [-0.15, -0.1) is 11.8 Å². The molecule has 0 saturated heterocycles. The minimum atomic E-state index is -4.49. The second-order valence-electron chi connectivity index (χ2n) is 6.18. The van der Waals surface area contributed by atoms with E-state index in [1.165, 1.54) is 28.6 Å². The molecule has 0 spiro atoms. The fraction of sp³-hybridized carbons (Fsp3) is 0.150. The van der Waals surface area contributed by atoms with Gasteiger partial charge in [0.15, 0.2) is 5.78 Å². The summed E-state index contributed by atoms with van der Waals surface area (Å²) in [5.41, 5.74) is 1.59. The molecule has 0 unspecified atom stereocenters. The standard InChI is InChI=1S/C20H12F3N3OS/c21-20(22,23)12-4-3-5-13(10-12)26-19-14-6-1-2-7-17(14)28-11-15(19)18(25-26)16(27)8-9-24/h1-7,10H,8,11H2. The van der Waals surface area contributed by atoms with Crippen molar-refractivity contribution in [1.82, 2.24) is 9.78 Å². The molecule has 3 aromatic rings. The van der Waals surface area contributed by atoms with Crippen LogP contribution in [-0.2, 0) is 11.9 Å². The van der Waals surface area contributed by atoms with Crippen LogP contribution >= 0.6 is 11.8 Å². The normalized spacial score (nSPS) is 12.8. The number of ketones is 1. The smallest absolute Gasteiger partial charge is 0.291 e. The van der Waals surface area contributed by atoms with Gasteiger partial charge in [0, 0.05) is 21.8 Å². The van der Waals surface area contributed by atoms with Gasteiger partial charge in [-0.1, -0.05) is 24.3 Å². The molecular formula is C20H12F3N3OS. The Kier molecular flexibility index (Phi) is 4.47. The number of hydrogen-bond donors (Lipinski definition) is 0. The number of nitriles is 1. The largest absolute Gasteiger partial charge is 0.416 e. The highest BCUT2D eigenvalue weighted by molar-refractivity contribution is 7.98. The van der Waals surface area contributed by atoms with E-state index in [1.807, 2.05) is 30.3 Å². The number of aromatic nitrogens is 2. The molecule has 0 atom stereocenters. The first-order valence-electron chi connectivity index (χ1n) is 8.32. The first kappa shape index (κ1) is 18.3. The number of carbonyl (C=O) groups excluding carboxylic acids is 1. The average molecular weight is 399 g/mol. The summed E-state index contributed by atoms with van der Waals surface area (Å²) < 4.78 is 40.9. The van der Waals surface area contributed by atoms with Crippen LogP contribution in [0, 0.1) is 11.3 Å². The lowest BCUT2D eigenvalue weighted by Crippen LogP contribution is -2.08. The van der Waals surface area contributed by atoms with Gasteiger partial charge >= 0.3 is 6.18 Å². The average Bonchev–Trinajstić information content (AvgIpc) is 3.08. The van der Waals surface area contributed by atoms with E-state index in [0.717, 1.165) is 22.6 Å². The van der Waals surface area contributed by atoms with E-state index < -0.39 is 17.5 Å². The van der Waals surface area contributed by atoms with Crippen molar-refractivity contribution < 1.29 is 18.0 Å². The van der Waals surface area contributed by atoms with Crippen LogP contribution in [0.4, 0.5) is 13.2 Å². The topological polar surface area (TPSA) is 58.7 Å². The van der Waals surface area contributed by atoms with Crippen LogP contribution in [0.15, 0.2) is 53.4 Å². The van der Waals surface area contributed by atoms with Crippen LogP contribution in [0.3, 0.4) is 0 Å². The first-order chi connectivity index (χ1) is 13.4. The molecule has 0 amide bonds. The molecule has 0 N–H and O–H groups in total. The van der Waals surface area contributed by atoms with E-state index in [9.17, 15) is 18.0 Å². The van der Waals surface area contributed by atoms with Gasteiger partial charge in [-0.05, 0) is 24.3 Å². The molecule has 1 aromatic heterocycles. The second-order valence-corrected chi connectivity index (χ2v) is 7.20. The molecule has 0 aliphatic carbocycles. The molecule has 0 bridgehead atoms. The lowest BCUT2D eigenvalue weighted by molar-refractivity contribution is -0.137. The van der Waals surface area contributed by atoms with E-state index in [2.05, 4.69) is 5.10 Å². The number of rotatable bonds is 3. The number of halogens is 3. The predicted molar refractivity (Wildman–Crippen MR) is 98.1 cm³/mol. The molecule has 140 valence electrons. The van der Waals surface area contributed by atoms with E-state index in [-0.39, 0.29) is 17.8 Å². The van der Waals surface area contributed by atoms with Crippen LogP contribution in [0.1, 0.15) is 28.0 Å². The fourth-order valence-corrected chi connectivity index (χ4v) is 4.25. The van der Waals surface area contributed by atoms with E-state index >= 15 is 0 Å². The zero-order valence-electron chi connectivity index (χ0n) is 14.3. The summed E-state index contributed by atoms with van der Waals surface area (Å²) in [5.74, 6) is 0.0158. The first-order valence-corrected chi connectivity index (χ1v) is 9.30. The Balaban J connectivity index is 1.97. The van der Waals surface area contributed by atoms with Crippen molar-refractivity contribution in [2.24, 2.45) is 0 Å². The predicted octanol–water partition coefficient (Wildman–Crippen LogP) is 5.26. The SMILES string of the molecule is N#CCC(=O)c1nn(-c2cccc(C(F)(F)F)c2)c2c1CSc1ccccc1-2. The third-order valence-corrected chi connectivity index (χ3v) is 5.52. The number of alkyl halides is 3. The Morgan fingerprint density at radius 3 is 2.75 bits per heavy atom. The lowest BCUT2D eigenvalue weighted by Gasteiger charge is -2.18. The van der Waals surface area contributed by atoms with Crippen molar-refractivity contribution in [3.8, 4) is 23.0 Å². The zero-order chi connectivity index (χ0) is 19.9. The van der Waals surface area contributed by atoms with E-state index in [0.29, 0.717) is 17.0 Å².